The summed E-state index contributed by atoms with van der Waals surface area (Å²) in [6.07, 6.45) is 0. The molecule has 7 aromatic carbocycles. The lowest BCUT2D eigenvalue weighted by Gasteiger charge is -2.27. The molecule has 0 aromatic heterocycles. The largest absolute Gasteiger partial charge is 0.310 e. The summed E-state index contributed by atoms with van der Waals surface area (Å²) in [6.45, 7) is 8.53. The van der Waals surface area contributed by atoms with Crippen molar-refractivity contribution in [2.24, 2.45) is 0 Å². The Kier molecular flexibility index (Phi) is 8.64. The lowest BCUT2D eigenvalue weighted by Crippen LogP contribution is -2.10. The van der Waals surface area contributed by atoms with Crippen LogP contribution in [0.5, 0.6) is 0 Å². The summed E-state index contributed by atoms with van der Waals surface area (Å²) in [5.41, 5.74) is 16.5. The lowest BCUT2D eigenvalue weighted by atomic mass is 9.93. The number of aryl methyl sites for hydroxylation is 4. The summed E-state index contributed by atoms with van der Waals surface area (Å²) in [5, 5.41) is 0. The highest BCUT2D eigenvalue weighted by molar-refractivity contribution is 5.88. The third-order valence-electron chi connectivity index (χ3n) is 8.93. The molecule has 0 radical (unpaired) electrons. The molecular weight excluding hydrogens is 581 g/mol. The monoisotopic (exact) mass is 620 g/mol. The standard InChI is InChI=1S/C46H40N2/c1-33-15-23-39(24-16-33)47(40-25-17-34(2)18-26-40)43-11-7-9-37(31-43)45-13-5-6-14-46(45)38-10-8-12-44(32-38)48(41-27-19-35(3)20-28-41)42-29-21-36(4)22-30-42/h5-32H,1-4H3. The van der Waals surface area contributed by atoms with Crippen molar-refractivity contribution < 1.29 is 0 Å². The highest BCUT2D eigenvalue weighted by Gasteiger charge is 2.17. The first-order chi connectivity index (χ1) is 23.4. The maximum absolute atomic E-state index is 2.34. The van der Waals surface area contributed by atoms with Gasteiger partial charge in [-0.15, -0.1) is 0 Å². The molecule has 234 valence electrons. The average molecular weight is 621 g/mol. The Balaban J connectivity index is 1.32. The minimum Gasteiger partial charge on any atom is -0.310 e. The molecule has 0 heterocycles. The van der Waals surface area contributed by atoms with E-state index in [1.165, 1.54) is 44.5 Å². The van der Waals surface area contributed by atoms with Crippen molar-refractivity contribution in [1.82, 2.24) is 0 Å². The highest BCUT2D eigenvalue weighted by Crippen LogP contribution is 2.41. The van der Waals surface area contributed by atoms with Crippen molar-refractivity contribution >= 4 is 34.1 Å². The Morgan fingerprint density at radius 3 is 0.854 bits per heavy atom. The molecule has 2 heteroatoms. The van der Waals surface area contributed by atoms with Gasteiger partial charge in [-0.2, -0.15) is 0 Å². The van der Waals surface area contributed by atoms with Gasteiger partial charge in [0.05, 0.1) is 0 Å². The quantitative estimate of drug-likeness (QED) is 0.167. The van der Waals surface area contributed by atoms with Crippen molar-refractivity contribution in [3.05, 3.63) is 192 Å². The van der Waals surface area contributed by atoms with E-state index in [2.05, 4.69) is 207 Å². The van der Waals surface area contributed by atoms with Crippen LogP contribution in [0.25, 0.3) is 22.3 Å². The second-order valence-electron chi connectivity index (χ2n) is 12.7. The second kappa shape index (κ2) is 13.5. The SMILES string of the molecule is Cc1ccc(N(c2ccc(C)cc2)c2cccc(-c3ccccc3-c3cccc(N(c4ccc(C)cc4)c4ccc(C)cc4)c3)c2)cc1. The number of hydrogen-bond acceptors (Lipinski definition) is 2. The fourth-order valence-corrected chi connectivity index (χ4v) is 6.28. The fraction of sp³-hybridized carbons (Fsp3) is 0.0870. The first kappa shape index (κ1) is 30.8. The summed E-state index contributed by atoms with van der Waals surface area (Å²) in [5.74, 6) is 0. The van der Waals surface area contributed by atoms with Crippen molar-refractivity contribution in [3.8, 4) is 22.3 Å². The summed E-state index contributed by atoms with van der Waals surface area (Å²) < 4.78 is 0. The molecule has 0 aliphatic rings. The summed E-state index contributed by atoms with van der Waals surface area (Å²) in [7, 11) is 0. The first-order valence-electron chi connectivity index (χ1n) is 16.6. The number of rotatable bonds is 8. The van der Waals surface area contributed by atoms with E-state index in [9.17, 15) is 0 Å². The van der Waals surface area contributed by atoms with Crippen LogP contribution in [0.4, 0.5) is 34.1 Å². The number of anilines is 6. The van der Waals surface area contributed by atoms with Crippen LogP contribution in [0, 0.1) is 27.7 Å². The Hall–Kier alpha value is -5.86. The summed E-state index contributed by atoms with van der Waals surface area (Å²) in [6, 6.07) is 61.6. The minimum absolute atomic E-state index is 1.12. The zero-order valence-corrected chi connectivity index (χ0v) is 28.1. The zero-order chi connectivity index (χ0) is 33.0. The molecule has 7 aromatic rings. The van der Waals surface area contributed by atoms with Gasteiger partial charge in [-0.3, -0.25) is 0 Å². The summed E-state index contributed by atoms with van der Waals surface area (Å²) in [4.78, 5) is 4.68. The Labute approximate surface area is 285 Å². The van der Waals surface area contributed by atoms with Crippen LogP contribution in [-0.4, -0.2) is 0 Å². The van der Waals surface area contributed by atoms with E-state index in [1.807, 2.05) is 0 Å². The molecule has 0 N–H and O–H groups in total. The molecule has 2 nitrogen and oxygen atoms in total. The van der Waals surface area contributed by atoms with Crippen LogP contribution in [-0.2, 0) is 0 Å². The van der Waals surface area contributed by atoms with Gasteiger partial charge in [0.1, 0.15) is 0 Å². The summed E-state index contributed by atoms with van der Waals surface area (Å²) >= 11 is 0. The van der Waals surface area contributed by atoms with Gasteiger partial charge in [-0.1, -0.05) is 119 Å². The molecular formula is C46H40N2. The van der Waals surface area contributed by atoms with Crippen molar-refractivity contribution in [3.63, 3.8) is 0 Å². The molecule has 7 rings (SSSR count). The Morgan fingerprint density at radius 1 is 0.271 bits per heavy atom. The van der Waals surface area contributed by atoms with Crippen LogP contribution >= 0.6 is 0 Å². The van der Waals surface area contributed by atoms with E-state index >= 15 is 0 Å². The second-order valence-corrected chi connectivity index (χ2v) is 12.7. The van der Waals surface area contributed by atoms with Gasteiger partial charge in [0.2, 0.25) is 0 Å². The van der Waals surface area contributed by atoms with Crippen LogP contribution in [0.1, 0.15) is 22.3 Å². The smallest absolute Gasteiger partial charge is 0.0467 e. The molecule has 0 aliphatic carbocycles. The predicted octanol–water partition coefficient (Wildman–Crippen LogP) is 13.2. The molecule has 0 aliphatic heterocycles. The molecule has 0 unspecified atom stereocenters. The maximum Gasteiger partial charge on any atom is 0.0467 e. The molecule has 0 atom stereocenters. The first-order valence-corrected chi connectivity index (χ1v) is 16.6. The Bertz CT molecular complexity index is 1890. The van der Waals surface area contributed by atoms with Crippen LogP contribution in [0.2, 0.25) is 0 Å². The zero-order valence-electron chi connectivity index (χ0n) is 28.1. The molecule has 0 fully saturated rings. The molecule has 0 saturated carbocycles. The number of benzene rings is 7. The Morgan fingerprint density at radius 2 is 0.562 bits per heavy atom. The predicted molar refractivity (Wildman–Crippen MR) is 206 cm³/mol. The van der Waals surface area contributed by atoms with Gasteiger partial charge in [-0.25, -0.2) is 0 Å². The fourth-order valence-electron chi connectivity index (χ4n) is 6.28. The van der Waals surface area contributed by atoms with Crippen LogP contribution in [0.15, 0.2) is 170 Å². The lowest BCUT2D eigenvalue weighted by molar-refractivity contribution is 1.27. The topological polar surface area (TPSA) is 6.48 Å². The van der Waals surface area contributed by atoms with E-state index in [4.69, 9.17) is 0 Å². The van der Waals surface area contributed by atoms with Crippen molar-refractivity contribution in [2.75, 3.05) is 9.80 Å². The van der Waals surface area contributed by atoms with Gasteiger partial charge in [0.25, 0.3) is 0 Å². The highest BCUT2D eigenvalue weighted by atomic mass is 15.1. The van der Waals surface area contributed by atoms with E-state index in [0.29, 0.717) is 0 Å². The number of hydrogen-bond donors (Lipinski definition) is 0. The molecule has 48 heavy (non-hydrogen) atoms. The average Bonchev–Trinajstić information content (AvgIpc) is 3.12. The molecule has 0 saturated heterocycles. The van der Waals surface area contributed by atoms with E-state index in [-0.39, 0.29) is 0 Å². The van der Waals surface area contributed by atoms with Gasteiger partial charge in [0.15, 0.2) is 0 Å². The molecule has 0 bridgehead atoms. The van der Waals surface area contributed by atoms with Gasteiger partial charge < -0.3 is 9.80 Å². The molecule has 0 amide bonds. The van der Waals surface area contributed by atoms with Gasteiger partial charge >= 0.3 is 0 Å². The van der Waals surface area contributed by atoms with E-state index in [0.717, 1.165) is 34.1 Å². The van der Waals surface area contributed by atoms with Gasteiger partial charge in [-0.05, 0) is 123 Å². The van der Waals surface area contributed by atoms with Crippen molar-refractivity contribution in [2.45, 2.75) is 27.7 Å². The maximum atomic E-state index is 2.34. The van der Waals surface area contributed by atoms with Crippen LogP contribution < -0.4 is 9.80 Å². The number of nitrogens with zero attached hydrogens (tertiary/aromatic N) is 2. The minimum atomic E-state index is 1.12. The normalized spacial score (nSPS) is 10.9. The van der Waals surface area contributed by atoms with E-state index in [1.54, 1.807) is 0 Å². The van der Waals surface area contributed by atoms with Crippen LogP contribution in [0.3, 0.4) is 0 Å². The van der Waals surface area contributed by atoms with Gasteiger partial charge in [0, 0.05) is 34.1 Å². The van der Waals surface area contributed by atoms with E-state index < -0.39 is 0 Å². The third-order valence-corrected chi connectivity index (χ3v) is 8.93. The molecule has 0 spiro atoms. The van der Waals surface area contributed by atoms with Crippen molar-refractivity contribution in [1.29, 1.82) is 0 Å². The third kappa shape index (κ3) is 6.52.